The molecule has 2 aromatic heterocycles. The summed E-state index contributed by atoms with van der Waals surface area (Å²) < 4.78 is 38.3. The Hall–Kier alpha value is -2.33. The van der Waals surface area contributed by atoms with Crippen LogP contribution in [0.25, 0.3) is 0 Å². The highest BCUT2D eigenvalue weighted by Crippen LogP contribution is 2.33. The highest BCUT2D eigenvalue weighted by molar-refractivity contribution is 7.12. The number of amides is 2. The average Bonchev–Trinajstić information content (AvgIpc) is 3.22. The molecule has 0 aliphatic carbocycles. The van der Waals surface area contributed by atoms with Gasteiger partial charge in [-0.25, -0.2) is 4.98 Å². The van der Waals surface area contributed by atoms with Crippen molar-refractivity contribution in [3.63, 3.8) is 0 Å². The van der Waals surface area contributed by atoms with E-state index in [0.717, 1.165) is 12.3 Å². The number of halogens is 4. The molecule has 11 heteroatoms. The third-order valence-electron chi connectivity index (χ3n) is 4.50. The molecule has 1 atom stereocenters. The Morgan fingerprint density at radius 3 is 2.52 bits per heavy atom. The summed E-state index contributed by atoms with van der Waals surface area (Å²) in [6, 6.07) is 3.59. The maximum Gasteiger partial charge on any atom is 0.417 e. The summed E-state index contributed by atoms with van der Waals surface area (Å²) in [6.45, 7) is 3.05. The Morgan fingerprint density at radius 1 is 1.28 bits per heavy atom. The molecule has 0 saturated carbocycles. The number of aromatic nitrogens is 1. The molecule has 2 aromatic rings. The minimum Gasteiger partial charge on any atom is -0.352 e. The number of anilines is 1. The van der Waals surface area contributed by atoms with Crippen LogP contribution in [0.2, 0.25) is 5.02 Å². The highest BCUT2D eigenvalue weighted by atomic mass is 35.5. The maximum absolute atomic E-state index is 12.8. The van der Waals surface area contributed by atoms with Crippen molar-refractivity contribution in [2.45, 2.75) is 19.1 Å². The highest BCUT2D eigenvalue weighted by Gasteiger charge is 2.33. The molecule has 1 saturated heterocycles. The number of piperazine rings is 1. The summed E-state index contributed by atoms with van der Waals surface area (Å²) >= 11 is 7.28. The summed E-state index contributed by atoms with van der Waals surface area (Å²) in [7, 11) is 0. The summed E-state index contributed by atoms with van der Waals surface area (Å²) in [5, 5.41) is 4.37. The monoisotopic (exact) mass is 446 g/mol. The quantitative estimate of drug-likeness (QED) is 0.782. The Bertz CT molecular complexity index is 884. The first-order chi connectivity index (χ1) is 13.7. The topological polar surface area (TPSA) is 65.5 Å². The number of nitrogens with one attached hydrogen (secondary N) is 1. The molecule has 0 bridgehead atoms. The van der Waals surface area contributed by atoms with E-state index < -0.39 is 17.8 Å². The summed E-state index contributed by atoms with van der Waals surface area (Å²) in [6.07, 6.45) is -3.76. The van der Waals surface area contributed by atoms with Crippen molar-refractivity contribution in [2.24, 2.45) is 0 Å². The molecule has 156 valence electrons. The maximum atomic E-state index is 12.8. The number of alkyl halides is 3. The zero-order valence-electron chi connectivity index (χ0n) is 15.4. The number of thiophene rings is 1. The number of nitrogens with zero attached hydrogens (tertiary/aromatic N) is 3. The molecule has 0 spiro atoms. The van der Waals surface area contributed by atoms with Crippen molar-refractivity contribution >= 4 is 40.6 Å². The SMILES string of the molecule is C[C@H](NC(=O)c1cccs1)C(=O)N1CCN(c2ncc(C(F)(F)F)cc2Cl)CC1. The van der Waals surface area contributed by atoms with Crippen LogP contribution < -0.4 is 10.2 Å². The van der Waals surface area contributed by atoms with Crippen LogP contribution in [0.5, 0.6) is 0 Å². The molecule has 0 unspecified atom stereocenters. The summed E-state index contributed by atoms with van der Waals surface area (Å²) in [5.74, 6) is -0.271. The van der Waals surface area contributed by atoms with E-state index in [1.807, 2.05) is 0 Å². The van der Waals surface area contributed by atoms with Gasteiger partial charge in [0.2, 0.25) is 5.91 Å². The molecule has 0 aromatic carbocycles. The number of carbonyl (C=O) groups is 2. The average molecular weight is 447 g/mol. The van der Waals surface area contributed by atoms with Crippen LogP contribution in [0.3, 0.4) is 0 Å². The van der Waals surface area contributed by atoms with Gasteiger partial charge >= 0.3 is 6.18 Å². The number of pyridine rings is 1. The molecule has 3 heterocycles. The van der Waals surface area contributed by atoms with Crippen molar-refractivity contribution in [3.8, 4) is 0 Å². The van der Waals surface area contributed by atoms with E-state index in [1.165, 1.54) is 11.3 Å². The summed E-state index contributed by atoms with van der Waals surface area (Å²) in [5.41, 5.74) is -0.907. The second kappa shape index (κ2) is 8.58. The van der Waals surface area contributed by atoms with E-state index in [1.54, 1.807) is 34.2 Å². The van der Waals surface area contributed by atoms with E-state index in [-0.39, 0.29) is 22.7 Å². The number of hydrogen-bond donors (Lipinski definition) is 1. The minimum atomic E-state index is -4.51. The van der Waals surface area contributed by atoms with Crippen LogP contribution in [0.1, 0.15) is 22.2 Å². The predicted octanol–water partition coefficient (Wildman–Crippen LogP) is 3.28. The van der Waals surface area contributed by atoms with Crippen molar-refractivity contribution in [3.05, 3.63) is 45.2 Å². The van der Waals surface area contributed by atoms with Gasteiger partial charge in [-0.1, -0.05) is 17.7 Å². The lowest BCUT2D eigenvalue weighted by molar-refractivity contribution is -0.138. The molecule has 29 heavy (non-hydrogen) atoms. The van der Waals surface area contributed by atoms with Gasteiger partial charge in [0.1, 0.15) is 11.9 Å². The lowest BCUT2D eigenvalue weighted by Crippen LogP contribution is -2.54. The Balaban J connectivity index is 1.57. The number of hydrogen-bond acceptors (Lipinski definition) is 5. The normalized spacial score (nSPS) is 15.9. The van der Waals surface area contributed by atoms with Gasteiger partial charge in [-0.05, 0) is 24.4 Å². The van der Waals surface area contributed by atoms with Crippen LogP contribution in [0, 0.1) is 0 Å². The first kappa shape index (κ1) is 21.4. The predicted molar refractivity (Wildman–Crippen MR) is 104 cm³/mol. The van der Waals surface area contributed by atoms with Crippen molar-refractivity contribution < 1.29 is 22.8 Å². The van der Waals surface area contributed by atoms with Crippen LogP contribution in [0.15, 0.2) is 29.8 Å². The van der Waals surface area contributed by atoms with Gasteiger partial charge in [-0.3, -0.25) is 9.59 Å². The second-order valence-corrected chi connectivity index (χ2v) is 7.87. The van der Waals surface area contributed by atoms with E-state index >= 15 is 0 Å². The molecule has 1 aliphatic heterocycles. The fourth-order valence-corrected chi connectivity index (χ4v) is 3.88. The van der Waals surface area contributed by atoms with Crippen molar-refractivity contribution in [1.82, 2.24) is 15.2 Å². The molecule has 1 aliphatic rings. The van der Waals surface area contributed by atoms with Crippen molar-refractivity contribution in [2.75, 3.05) is 31.1 Å². The first-order valence-corrected chi connectivity index (χ1v) is 10.0. The molecule has 0 radical (unpaired) electrons. The minimum absolute atomic E-state index is 0.0869. The second-order valence-electron chi connectivity index (χ2n) is 6.51. The van der Waals surface area contributed by atoms with E-state index in [0.29, 0.717) is 31.1 Å². The zero-order chi connectivity index (χ0) is 21.2. The van der Waals surface area contributed by atoms with Crippen molar-refractivity contribution in [1.29, 1.82) is 0 Å². The zero-order valence-corrected chi connectivity index (χ0v) is 16.9. The summed E-state index contributed by atoms with van der Waals surface area (Å²) in [4.78, 5) is 32.4. The van der Waals surface area contributed by atoms with Gasteiger partial charge in [0.05, 0.1) is 15.5 Å². The number of carbonyl (C=O) groups excluding carboxylic acids is 2. The molecular formula is C18H18ClF3N4O2S. The van der Waals surface area contributed by atoms with Gasteiger partial charge in [0.25, 0.3) is 5.91 Å². The number of rotatable bonds is 4. The Labute approximate surface area is 174 Å². The fourth-order valence-electron chi connectivity index (χ4n) is 2.97. The van der Waals surface area contributed by atoms with E-state index in [2.05, 4.69) is 10.3 Å². The smallest absolute Gasteiger partial charge is 0.352 e. The van der Waals surface area contributed by atoms with Gasteiger partial charge in [-0.2, -0.15) is 13.2 Å². The van der Waals surface area contributed by atoms with Gasteiger partial charge in [-0.15, -0.1) is 11.3 Å². The lowest BCUT2D eigenvalue weighted by Gasteiger charge is -2.37. The lowest BCUT2D eigenvalue weighted by atomic mass is 10.2. The first-order valence-electron chi connectivity index (χ1n) is 8.77. The third kappa shape index (κ3) is 4.99. The van der Waals surface area contributed by atoms with E-state index in [9.17, 15) is 22.8 Å². The van der Waals surface area contributed by atoms with Crippen LogP contribution in [-0.4, -0.2) is 53.9 Å². The van der Waals surface area contributed by atoms with Crippen LogP contribution in [-0.2, 0) is 11.0 Å². The van der Waals surface area contributed by atoms with Crippen LogP contribution >= 0.6 is 22.9 Å². The van der Waals surface area contributed by atoms with Gasteiger partial charge in [0, 0.05) is 32.4 Å². The fraction of sp³-hybridized carbons (Fsp3) is 0.389. The van der Waals surface area contributed by atoms with E-state index in [4.69, 9.17) is 11.6 Å². The standard InChI is InChI=1S/C18H18ClF3N4O2S/c1-11(24-16(27)14-3-2-8-29-14)17(28)26-6-4-25(5-7-26)15-13(19)9-12(10-23-15)18(20,21)22/h2-3,8-11H,4-7H2,1H3,(H,24,27)/t11-/m0/s1. The largest absolute Gasteiger partial charge is 0.417 e. The molecule has 1 N–H and O–H groups in total. The third-order valence-corrected chi connectivity index (χ3v) is 5.65. The molecule has 1 fully saturated rings. The Morgan fingerprint density at radius 2 is 1.97 bits per heavy atom. The molecule has 6 nitrogen and oxygen atoms in total. The molecular weight excluding hydrogens is 429 g/mol. The van der Waals surface area contributed by atoms with Gasteiger partial charge in [0.15, 0.2) is 0 Å². The molecule has 3 rings (SSSR count). The Kier molecular flexibility index (Phi) is 6.33. The molecule has 2 amide bonds. The van der Waals surface area contributed by atoms with Gasteiger partial charge < -0.3 is 15.1 Å². The van der Waals surface area contributed by atoms with Crippen LogP contribution in [0.4, 0.5) is 19.0 Å².